The minimum absolute atomic E-state index is 0.0958. The van der Waals surface area contributed by atoms with E-state index in [1.165, 1.54) is 0 Å². The lowest BCUT2D eigenvalue weighted by atomic mass is 9.96. The van der Waals surface area contributed by atoms with Crippen LogP contribution in [0.1, 0.15) is 39.5 Å². The fourth-order valence-electron chi connectivity index (χ4n) is 3.40. The highest BCUT2D eigenvalue weighted by molar-refractivity contribution is 8.00. The average molecular weight is 433 g/mol. The third kappa shape index (κ3) is 6.74. The van der Waals surface area contributed by atoms with E-state index in [2.05, 4.69) is 41.1 Å². The molecule has 1 aliphatic heterocycles. The minimum Gasteiger partial charge on any atom is -0.497 e. The van der Waals surface area contributed by atoms with Gasteiger partial charge in [0.2, 0.25) is 17.6 Å². The van der Waals surface area contributed by atoms with Crippen molar-refractivity contribution in [2.75, 3.05) is 32.5 Å². The number of benzene rings is 1. The maximum Gasteiger partial charge on any atom is 0.241 e. The number of ether oxygens (including phenoxy) is 1. The summed E-state index contributed by atoms with van der Waals surface area (Å²) in [5, 5.41) is 7.18. The highest BCUT2D eigenvalue weighted by atomic mass is 32.2. The topological polar surface area (TPSA) is 80.5 Å². The molecule has 2 heterocycles. The first kappa shape index (κ1) is 22.6. The third-order valence-corrected chi connectivity index (χ3v) is 6.34. The standard InChI is InChI=1S/C22H32N4O3S/c1-22(2,3)30-14-11-23-21(27)17-9-12-26(13-10-17)15-19-24-20(25-29-19)16-5-7-18(28-4)8-6-16/h5-8,17H,9-15H2,1-4H3,(H,23,27). The van der Waals surface area contributed by atoms with E-state index in [0.29, 0.717) is 18.3 Å². The predicted molar refractivity (Wildman–Crippen MR) is 120 cm³/mol. The van der Waals surface area contributed by atoms with Crippen molar-refractivity contribution in [1.29, 1.82) is 0 Å². The van der Waals surface area contributed by atoms with Crippen LogP contribution in [0, 0.1) is 5.92 Å². The molecule has 0 aliphatic carbocycles. The van der Waals surface area contributed by atoms with Gasteiger partial charge in [0.1, 0.15) is 5.75 Å². The molecule has 1 saturated heterocycles. The van der Waals surface area contributed by atoms with Crippen LogP contribution < -0.4 is 10.1 Å². The first-order valence-corrected chi connectivity index (χ1v) is 11.4. The summed E-state index contributed by atoms with van der Waals surface area (Å²) in [6.45, 7) is 9.64. The number of aromatic nitrogens is 2. The first-order valence-electron chi connectivity index (χ1n) is 10.4. The van der Waals surface area contributed by atoms with Crippen molar-refractivity contribution in [2.45, 2.75) is 44.9 Å². The van der Waals surface area contributed by atoms with E-state index in [1.54, 1.807) is 7.11 Å². The van der Waals surface area contributed by atoms with E-state index in [-0.39, 0.29) is 16.6 Å². The first-order chi connectivity index (χ1) is 14.3. The largest absolute Gasteiger partial charge is 0.497 e. The number of methoxy groups -OCH3 is 1. The zero-order valence-corrected chi connectivity index (χ0v) is 19.1. The summed E-state index contributed by atoms with van der Waals surface area (Å²) in [6.07, 6.45) is 1.72. The SMILES string of the molecule is COc1ccc(-c2noc(CN3CCC(C(=O)NCCSC(C)(C)C)CC3)n2)cc1. The van der Waals surface area contributed by atoms with Gasteiger partial charge in [-0.05, 0) is 50.2 Å². The lowest BCUT2D eigenvalue weighted by Crippen LogP contribution is -2.40. The number of thioether (sulfide) groups is 1. The summed E-state index contributed by atoms with van der Waals surface area (Å²) < 4.78 is 10.8. The third-order valence-electron chi connectivity index (χ3n) is 5.07. The second kappa shape index (κ2) is 10.3. The quantitative estimate of drug-likeness (QED) is 0.638. The second-order valence-electron chi connectivity index (χ2n) is 8.54. The van der Waals surface area contributed by atoms with Crippen LogP contribution in [0.3, 0.4) is 0 Å². The van der Waals surface area contributed by atoms with Gasteiger partial charge in [0.15, 0.2) is 0 Å². The Balaban J connectivity index is 1.41. The van der Waals surface area contributed by atoms with Crippen LogP contribution in [0.15, 0.2) is 28.8 Å². The number of nitrogens with one attached hydrogen (secondary N) is 1. The molecule has 164 valence electrons. The van der Waals surface area contributed by atoms with E-state index in [9.17, 15) is 4.79 Å². The van der Waals surface area contributed by atoms with Crippen molar-refractivity contribution in [1.82, 2.24) is 20.4 Å². The van der Waals surface area contributed by atoms with Gasteiger partial charge in [-0.1, -0.05) is 25.9 Å². The molecular formula is C22H32N4O3S. The molecule has 30 heavy (non-hydrogen) atoms. The van der Waals surface area contributed by atoms with Crippen LogP contribution in [0.4, 0.5) is 0 Å². The predicted octanol–water partition coefficient (Wildman–Crippen LogP) is 3.61. The number of rotatable bonds is 8. The van der Waals surface area contributed by atoms with E-state index in [0.717, 1.165) is 49.5 Å². The number of piperidine rings is 1. The smallest absolute Gasteiger partial charge is 0.241 e. The van der Waals surface area contributed by atoms with Gasteiger partial charge in [0.25, 0.3) is 0 Å². The summed E-state index contributed by atoms with van der Waals surface area (Å²) >= 11 is 1.87. The van der Waals surface area contributed by atoms with Crippen molar-refractivity contribution >= 4 is 17.7 Å². The molecule has 1 aromatic carbocycles. The van der Waals surface area contributed by atoms with Gasteiger partial charge in [0.05, 0.1) is 13.7 Å². The van der Waals surface area contributed by atoms with Crippen molar-refractivity contribution in [3.63, 3.8) is 0 Å². The highest BCUT2D eigenvalue weighted by Crippen LogP contribution is 2.23. The fraction of sp³-hybridized carbons (Fsp3) is 0.591. The Morgan fingerprint density at radius 3 is 2.60 bits per heavy atom. The Morgan fingerprint density at radius 1 is 1.27 bits per heavy atom. The van der Waals surface area contributed by atoms with Crippen molar-refractivity contribution in [3.05, 3.63) is 30.2 Å². The lowest BCUT2D eigenvalue weighted by Gasteiger charge is -2.30. The maximum atomic E-state index is 12.4. The summed E-state index contributed by atoms with van der Waals surface area (Å²) in [7, 11) is 1.64. The molecule has 0 spiro atoms. The van der Waals surface area contributed by atoms with E-state index >= 15 is 0 Å². The Kier molecular flexibility index (Phi) is 7.77. The number of carbonyl (C=O) groups excluding carboxylic acids is 1. The van der Waals surface area contributed by atoms with E-state index < -0.39 is 0 Å². The Hall–Kier alpha value is -2.06. The molecule has 0 radical (unpaired) electrons. The van der Waals surface area contributed by atoms with Crippen LogP contribution in [0.2, 0.25) is 0 Å². The van der Waals surface area contributed by atoms with Gasteiger partial charge in [-0.2, -0.15) is 16.7 Å². The summed E-state index contributed by atoms with van der Waals surface area (Å²) in [5.74, 6) is 3.20. The molecule has 1 aliphatic rings. The molecule has 7 nitrogen and oxygen atoms in total. The summed E-state index contributed by atoms with van der Waals surface area (Å²) in [4.78, 5) is 19.2. The molecule has 1 fully saturated rings. The molecule has 1 aromatic heterocycles. The summed E-state index contributed by atoms with van der Waals surface area (Å²) in [6, 6.07) is 7.58. The summed E-state index contributed by atoms with van der Waals surface area (Å²) in [5.41, 5.74) is 0.894. The second-order valence-corrected chi connectivity index (χ2v) is 10.5. The van der Waals surface area contributed by atoms with Gasteiger partial charge in [-0.3, -0.25) is 9.69 Å². The molecule has 0 saturated carbocycles. The Morgan fingerprint density at radius 2 is 1.97 bits per heavy atom. The number of hydrogen-bond acceptors (Lipinski definition) is 7. The molecule has 1 N–H and O–H groups in total. The van der Waals surface area contributed by atoms with Crippen molar-refractivity contribution < 1.29 is 14.1 Å². The average Bonchev–Trinajstić information content (AvgIpc) is 3.19. The van der Waals surface area contributed by atoms with Gasteiger partial charge >= 0.3 is 0 Å². The number of hydrogen-bond donors (Lipinski definition) is 1. The van der Waals surface area contributed by atoms with Crippen LogP contribution in [-0.2, 0) is 11.3 Å². The van der Waals surface area contributed by atoms with Crippen LogP contribution in [-0.4, -0.2) is 58.2 Å². The van der Waals surface area contributed by atoms with Crippen LogP contribution in [0.5, 0.6) is 5.75 Å². The highest BCUT2D eigenvalue weighted by Gasteiger charge is 2.26. The molecule has 1 amide bonds. The zero-order valence-electron chi connectivity index (χ0n) is 18.3. The van der Waals surface area contributed by atoms with Crippen LogP contribution >= 0.6 is 11.8 Å². The van der Waals surface area contributed by atoms with Crippen molar-refractivity contribution in [2.24, 2.45) is 5.92 Å². The van der Waals surface area contributed by atoms with Gasteiger partial charge in [0, 0.05) is 28.5 Å². The van der Waals surface area contributed by atoms with Crippen LogP contribution in [0.25, 0.3) is 11.4 Å². The number of nitrogens with zero attached hydrogens (tertiary/aromatic N) is 3. The molecule has 0 atom stereocenters. The molecule has 0 unspecified atom stereocenters. The molecule has 2 aromatic rings. The Labute approximate surface area is 182 Å². The van der Waals surface area contributed by atoms with Gasteiger partial charge < -0.3 is 14.6 Å². The number of amides is 1. The van der Waals surface area contributed by atoms with Crippen molar-refractivity contribution in [3.8, 4) is 17.1 Å². The molecular weight excluding hydrogens is 400 g/mol. The maximum absolute atomic E-state index is 12.4. The zero-order chi connectivity index (χ0) is 21.6. The number of carbonyl (C=O) groups is 1. The molecule has 8 heteroatoms. The molecule has 0 bridgehead atoms. The number of likely N-dealkylation sites (tertiary alicyclic amines) is 1. The monoisotopic (exact) mass is 432 g/mol. The molecule has 3 rings (SSSR count). The van der Waals surface area contributed by atoms with Gasteiger partial charge in [-0.25, -0.2) is 0 Å². The van der Waals surface area contributed by atoms with E-state index in [4.69, 9.17) is 9.26 Å². The minimum atomic E-state index is 0.0958. The van der Waals surface area contributed by atoms with E-state index in [1.807, 2.05) is 36.0 Å². The lowest BCUT2D eigenvalue weighted by molar-refractivity contribution is -0.126. The van der Waals surface area contributed by atoms with Gasteiger partial charge in [-0.15, -0.1) is 0 Å². The normalized spacial score (nSPS) is 15.9. The fourth-order valence-corrected chi connectivity index (χ4v) is 4.21. The Bertz CT molecular complexity index is 809.